The molecule has 0 amide bonds. The van der Waals surface area contributed by atoms with Crippen LogP contribution in [0.3, 0.4) is 0 Å². The average Bonchev–Trinajstić information content (AvgIpc) is 2.34. The van der Waals surface area contributed by atoms with Gasteiger partial charge in [-0.05, 0) is 18.4 Å². The Morgan fingerprint density at radius 3 is 1.88 bits per heavy atom. The third-order valence-electron chi connectivity index (χ3n) is 3.16. The van der Waals surface area contributed by atoms with Crippen molar-refractivity contribution >= 4 is 0 Å². The second-order valence-corrected chi connectivity index (χ2v) is 4.71. The molecule has 92 valence electrons. The van der Waals surface area contributed by atoms with Gasteiger partial charge in [0, 0.05) is 0 Å². The number of benzene rings is 1. The minimum atomic E-state index is 0. The molecule has 0 aliphatic heterocycles. The molecule has 0 saturated heterocycles. The Hall–Kier alpha value is -0.183. The fourth-order valence-electron chi connectivity index (χ4n) is 2.11. The first-order chi connectivity index (χ1) is 7.93. The molecular formula is C16H27Li. The van der Waals surface area contributed by atoms with E-state index >= 15 is 0 Å². The molecule has 0 bridgehead atoms. The molecular weight excluding hydrogens is 199 g/mol. The molecule has 0 spiro atoms. The predicted molar refractivity (Wildman–Crippen MR) is 73.9 cm³/mol. The van der Waals surface area contributed by atoms with Crippen molar-refractivity contribution in [3.05, 3.63) is 35.9 Å². The average molecular weight is 226 g/mol. The summed E-state index contributed by atoms with van der Waals surface area (Å²) in [6.07, 6.45) is 12.5. The van der Waals surface area contributed by atoms with Crippen molar-refractivity contribution in [2.45, 2.75) is 64.7 Å². The van der Waals surface area contributed by atoms with Crippen LogP contribution in [-0.4, -0.2) is 0 Å². The summed E-state index contributed by atoms with van der Waals surface area (Å²) in [4.78, 5) is 0. The molecule has 0 nitrogen and oxygen atoms in total. The molecule has 0 radical (unpaired) electrons. The van der Waals surface area contributed by atoms with Crippen molar-refractivity contribution < 1.29 is 20.3 Å². The van der Waals surface area contributed by atoms with Crippen LogP contribution in [0.2, 0.25) is 0 Å². The SMILES string of the molecule is CCCCCCCCCCc1ccccc1.[H-].[Li+]. The zero-order valence-electron chi connectivity index (χ0n) is 12.8. The molecule has 17 heavy (non-hydrogen) atoms. The van der Waals surface area contributed by atoms with Crippen LogP contribution in [0.25, 0.3) is 0 Å². The summed E-state index contributed by atoms with van der Waals surface area (Å²) in [5.74, 6) is 0. The minimum absolute atomic E-state index is 0. The maximum atomic E-state index is 2.28. The van der Waals surface area contributed by atoms with Crippen LogP contribution in [0.4, 0.5) is 0 Å². The van der Waals surface area contributed by atoms with Crippen LogP contribution >= 0.6 is 0 Å². The van der Waals surface area contributed by atoms with Crippen molar-refractivity contribution in [3.8, 4) is 0 Å². The third kappa shape index (κ3) is 9.51. The third-order valence-corrected chi connectivity index (χ3v) is 3.16. The van der Waals surface area contributed by atoms with Gasteiger partial charge in [-0.3, -0.25) is 0 Å². The van der Waals surface area contributed by atoms with Gasteiger partial charge >= 0.3 is 18.9 Å². The molecule has 1 aromatic rings. The van der Waals surface area contributed by atoms with E-state index in [1.807, 2.05) is 0 Å². The topological polar surface area (TPSA) is 0 Å². The standard InChI is InChI=1S/C16H26.Li.H/c1-2-3-4-5-6-7-8-10-13-16-14-11-9-12-15-16;;/h9,11-12,14-15H,2-8,10,13H2,1H3;;/q;+1;-1. The Bertz CT molecular complexity index is 249. The quantitative estimate of drug-likeness (QED) is 0.448. The number of rotatable bonds is 9. The van der Waals surface area contributed by atoms with Gasteiger partial charge in [0.1, 0.15) is 0 Å². The van der Waals surface area contributed by atoms with E-state index in [1.54, 1.807) is 0 Å². The molecule has 1 heteroatoms. The molecule has 0 aliphatic carbocycles. The fraction of sp³-hybridized carbons (Fsp3) is 0.625. The van der Waals surface area contributed by atoms with Crippen molar-refractivity contribution in [1.29, 1.82) is 0 Å². The van der Waals surface area contributed by atoms with E-state index < -0.39 is 0 Å². The molecule has 1 aromatic carbocycles. The summed E-state index contributed by atoms with van der Waals surface area (Å²) >= 11 is 0. The normalized spacial score (nSPS) is 9.94. The summed E-state index contributed by atoms with van der Waals surface area (Å²) < 4.78 is 0. The Kier molecular flexibility index (Phi) is 12.1. The van der Waals surface area contributed by atoms with Gasteiger partial charge in [0.15, 0.2) is 0 Å². The van der Waals surface area contributed by atoms with Crippen molar-refractivity contribution in [1.82, 2.24) is 0 Å². The first-order valence-corrected chi connectivity index (χ1v) is 6.97. The van der Waals surface area contributed by atoms with Gasteiger partial charge < -0.3 is 1.43 Å². The molecule has 0 heterocycles. The van der Waals surface area contributed by atoms with Gasteiger partial charge in [-0.25, -0.2) is 0 Å². The summed E-state index contributed by atoms with van der Waals surface area (Å²) in [6.45, 7) is 2.28. The number of aryl methyl sites for hydroxylation is 1. The van der Waals surface area contributed by atoms with Gasteiger partial charge in [-0.2, -0.15) is 0 Å². The summed E-state index contributed by atoms with van der Waals surface area (Å²) in [6, 6.07) is 10.8. The number of hydrogen-bond acceptors (Lipinski definition) is 0. The Balaban J connectivity index is 0. The van der Waals surface area contributed by atoms with Crippen molar-refractivity contribution in [2.75, 3.05) is 0 Å². The molecule has 0 N–H and O–H groups in total. The van der Waals surface area contributed by atoms with Gasteiger partial charge in [0.25, 0.3) is 0 Å². The zero-order valence-corrected chi connectivity index (χ0v) is 11.8. The van der Waals surface area contributed by atoms with E-state index in [2.05, 4.69) is 37.3 Å². The molecule has 0 aromatic heterocycles. The first-order valence-electron chi connectivity index (χ1n) is 6.97. The summed E-state index contributed by atoms with van der Waals surface area (Å²) in [5.41, 5.74) is 1.49. The zero-order chi connectivity index (χ0) is 11.5. The van der Waals surface area contributed by atoms with Crippen LogP contribution in [0.15, 0.2) is 30.3 Å². The monoisotopic (exact) mass is 226 g/mol. The Morgan fingerprint density at radius 2 is 1.29 bits per heavy atom. The second-order valence-electron chi connectivity index (χ2n) is 4.71. The maximum Gasteiger partial charge on any atom is 1.00 e. The molecule has 0 aliphatic rings. The van der Waals surface area contributed by atoms with Crippen LogP contribution in [0.1, 0.15) is 65.3 Å². The summed E-state index contributed by atoms with van der Waals surface area (Å²) in [5, 5.41) is 0. The van der Waals surface area contributed by atoms with Gasteiger partial charge in [-0.15, -0.1) is 0 Å². The smallest absolute Gasteiger partial charge is 1.00 e. The van der Waals surface area contributed by atoms with Gasteiger partial charge in [-0.1, -0.05) is 82.2 Å². The van der Waals surface area contributed by atoms with E-state index in [1.165, 1.54) is 63.4 Å². The van der Waals surface area contributed by atoms with Crippen molar-refractivity contribution in [2.24, 2.45) is 0 Å². The van der Waals surface area contributed by atoms with Gasteiger partial charge in [0.2, 0.25) is 0 Å². The fourth-order valence-corrected chi connectivity index (χ4v) is 2.11. The minimum Gasteiger partial charge on any atom is -1.00 e. The Morgan fingerprint density at radius 1 is 0.765 bits per heavy atom. The van der Waals surface area contributed by atoms with Crippen LogP contribution in [-0.2, 0) is 6.42 Å². The molecule has 0 fully saturated rings. The van der Waals surface area contributed by atoms with E-state index in [0.717, 1.165) is 0 Å². The van der Waals surface area contributed by atoms with E-state index in [9.17, 15) is 0 Å². The molecule has 0 atom stereocenters. The van der Waals surface area contributed by atoms with Crippen LogP contribution < -0.4 is 18.9 Å². The molecule has 1 rings (SSSR count). The van der Waals surface area contributed by atoms with E-state index in [4.69, 9.17) is 0 Å². The maximum absolute atomic E-state index is 2.28. The molecule has 0 saturated carbocycles. The number of hydrogen-bond donors (Lipinski definition) is 0. The number of unbranched alkanes of at least 4 members (excludes halogenated alkanes) is 7. The largest absolute Gasteiger partial charge is 1.00 e. The Labute approximate surface area is 121 Å². The van der Waals surface area contributed by atoms with E-state index in [-0.39, 0.29) is 20.3 Å². The summed E-state index contributed by atoms with van der Waals surface area (Å²) in [7, 11) is 0. The second kappa shape index (κ2) is 12.3. The van der Waals surface area contributed by atoms with Crippen LogP contribution in [0.5, 0.6) is 0 Å². The molecule has 0 unspecified atom stereocenters. The predicted octanol–water partition coefficient (Wildman–Crippen LogP) is 2.49. The van der Waals surface area contributed by atoms with Crippen molar-refractivity contribution in [3.63, 3.8) is 0 Å². The van der Waals surface area contributed by atoms with Crippen LogP contribution in [0, 0.1) is 0 Å². The first kappa shape index (κ1) is 16.8. The van der Waals surface area contributed by atoms with Gasteiger partial charge in [0.05, 0.1) is 0 Å². The van der Waals surface area contributed by atoms with E-state index in [0.29, 0.717) is 0 Å².